The summed E-state index contributed by atoms with van der Waals surface area (Å²) in [6, 6.07) is 0. The molecule has 13 heavy (non-hydrogen) atoms. The van der Waals surface area contributed by atoms with Crippen molar-refractivity contribution in [3.63, 3.8) is 0 Å². The van der Waals surface area contributed by atoms with Gasteiger partial charge in [0.15, 0.2) is 5.60 Å². The average Bonchev–Trinajstić information content (AvgIpc) is 2.34. The highest BCUT2D eigenvalue weighted by atomic mass is 35.5. The smallest absolute Gasteiger partial charge is 0.335 e. The van der Waals surface area contributed by atoms with E-state index in [9.17, 15) is 9.90 Å². The number of aliphatic carboxylic acids is 1. The summed E-state index contributed by atoms with van der Waals surface area (Å²) in [6.45, 7) is 1.82. The van der Waals surface area contributed by atoms with E-state index in [1.165, 1.54) is 0 Å². The Balaban J connectivity index is 0.000000845. The highest BCUT2D eigenvalue weighted by Crippen LogP contribution is 2.52. The van der Waals surface area contributed by atoms with Gasteiger partial charge < -0.3 is 15.5 Å². The molecule has 2 rings (SSSR count). The molecule has 0 amide bonds. The lowest BCUT2D eigenvalue weighted by Crippen LogP contribution is -2.57. The predicted molar refractivity (Wildman–Crippen MR) is 49.0 cm³/mol. The van der Waals surface area contributed by atoms with Crippen molar-refractivity contribution in [3.05, 3.63) is 0 Å². The standard InChI is InChI=1S/C8H13NO3.ClH/c10-6(11)8(12)3-7(4-8)1-2-9-5-7;/h9,12H,1-5H2,(H,10,11);1H. The molecular formula is C8H14ClNO3. The molecule has 1 saturated heterocycles. The number of carbonyl (C=O) groups is 1. The van der Waals surface area contributed by atoms with Crippen molar-refractivity contribution < 1.29 is 15.0 Å². The first-order chi connectivity index (χ1) is 5.56. The number of rotatable bonds is 1. The number of carboxylic acid groups (broad SMARTS) is 1. The summed E-state index contributed by atoms with van der Waals surface area (Å²) >= 11 is 0. The lowest BCUT2D eigenvalue weighted by atomic mass is 9.58. The summed E-state index contributed by atoms with van der Waals surface area (Å²) < 4.78 is 0. The van der Waals surface area contributed by atoms with Crippen molar-refractivity contribution in [2.24, 2.45) is 5.41 Å². The maximum Gasteiger partial charge on any atom is 0.335 e. The van der Waals surface area contributed by atoms with Gasteiger partial charge in [0, 0.05) is 6.54 Å². The van der Waals surface area contributed by atoms with Gasteiger partial charge >= 0.3 is 5.97 Å². The maximum atomic E-state index is 10.6. The van der Waals surface area contributed by atoms with Crippen LogP contribution in [0.25, 0.3) is 0 Å². The molecule has 1 saturated carbocycles. The van der Waals surface area contributed by atoms with E-state index in [4.69, 9.17) is 5.11 Å². The van der Waals surface area contributed by atoms with Crippen molar-refractivity contribution in [2.45, 2.75) is 24.9 Å². The zero-order valence-electron chi connectivity index (χ0n) is 7.25. The highest BCUT2D eigenvalue weighted by molar-refractivity contribution is 5.85. The van der Waals surface area contributed by atoms with Crippen molar-refractivity contribution >= 4 is 18.4 Å². The van der Waals surface area contributed by atoms with Crippen LogP contribution in [0.15, 0.2) is 0 Å². The Hall–Kier alpha value is -0.320. The molecular weight excluding hydrogens is 194 g/mol. The third kappa shape index (κ3) is 1.54. The van der Waals surface area contributed by atoms with Crippen molar-refractivity contribution in [3.8, 4) is 0 Å². The van der Waals surface area contributed by atoms with Crippen LogP contribution < -0.4 is 5.32 Å². The molecule has 0 radical (unpaired) electrons. The molecule has 0 aromatic rings. The minimum Gasteiger partial charge on any atom is -0.479 e. The first kappa shape index (κ1) is 10.8. The van der Waals surface area contributed by atoms with Gasteiger partial charge in [-0.05, 0) is 31.2 Å². The molecule has 4 nitrogen and oxygen atoms in total. The van der Waals surface area contributed by atoms with E-state index in [0.29, 0.717) is 12.8 Å². The third-order valence-electron chi connectivity index (χ3n) is 3.07. The van der Waals surface area contributed by atoms with Crippen LogP contribution in [-0.4, -0.2) is 34.9 Å². The van der Waals surface area contributed by atoms with Crippen LogP contribution in [0.4, 0.5) is 0 Å². The van der Waals surface area contributed by atoms with E-state index in [-0.39, 0.29) is 17.8 Å². The first-order valence-electron chi connectivity index (χ1n) is 4.23. The molecule has 0 aromatic heterocycles. The van der Waals surface area contributed by atoms with E-state index >= 15 is 0 Å². The van der Waals surface area contributed by atoms with Crippen molar-refractivity contribution in [1.82, 2.24) is 5.32 Å². The number of halogens is 1. The van der Waals surface area contributed by atoms with Gasteiger partial charge in [-0.1, -0.05) is 0 Å². The summed E-state index contributed by atoms with van der Waals surface area (Å²) in [5.41, 5.74) is -1.33. The van der Waals surface area contributed by atoms with Gasteiger partial charge in [0.05, 0.1) is 0 Å². The molecule has 5 heteroatoms. The van der Waals surface area contributed by atoms with E-state index in [1.807, 2.05) is 0 Å². The molecule has 2 aliphatic rings. The SMILES string of the molecule is Cl.O=C(O)C1(O)CC2(CCNC2)C1. The Kier molecular flexibility index (Phi) is 2.58. The quantitative estimate of drug-likeness (QED) is 0.566. The minimum absolute atomic E-state index is 0. The van der Waals surface area contributed by atoms with E-state index < -0.39 is 11.6 Å². The van der Waals surface area contributed by atoms with Crippen LogP contribution >= 0.6 is 12.4 Å². The summed E-state index contributed by atoms with van der Waals surface area (Å²) in [5.74, 6) is -1.07. The molecule has 1 spiro atoms. The predicted octanol–water partition coefficient (Wildman–Crippen LogP) is -0.00260. The fraction of sp³-hybridized carbons (Fsp3) is 0.875. The lowest BCUT2D eigenvalue weighted by Gasteiger charge is -2.48. The molecule has 2 fully saturated rings. The number of aliphatic hydroxyl groups is 1. The Morgan fingerprint density at radius 2 is 2.00 bits per heavy atom. The molecule has 0 atom stereocenters. The fourth-order valence-electron chi connectivity index (χ4n) is 2.44. The largest absolute Gasteiger partial charge is 0.479 e. The third-order valence-corrected chi connectivity index (χ3v) is 3.07. The first-order valence-corrected chi connectivity index (χ1v) is 4.23. The molecule has 1 heterocycles. The Bertz CT molecular complexity index is 217. The molecule has 0 unspecified atom stereocenters. The van der Waals surface area contributed by atoms with E-state index in [0.717, 1.165) is 19.5 Å². The molecule has 0 bridgehead atoms. The molecule has 0 aromatic carbocycles. The number of nitrogens with one attached hydrogen (secondary N) is 1. The lowest BCUT2D eigenvalue weighted by molar-refractivity contribution is -0.184. The van der Waals surface area contributed by atoms with Gasteiger partial charge in [0.1, 0.15) is 0 Å². The fourth-order valence-corrected chi connectivity index (χ4v) is 2.44. The molecule has 76 valence electrons. The molecule has 1 aliphatic heterocycles. The van der Waals surface area contributed by atoms with Crippen LogP contribution in [0.1, 0.15) is 19.3 Å². The highest BCUT2D eigenvalue weighted by Gasteiger charge is 2.58. The summed E-state index contributed by atoms with van der Waals surface area (Å²) in [5, 5.41) is 21.3. The minimum atomic E-state index is -1.42. The van der Waals surface area contributed by atoms with Gasteiger partial charge in [0.2, 0.25) is 0 Å². The number of carboxylic acids is 1. The Labute approximate surface area is 82.7 Å². The second-order valence-corrected chi connectivity index (χ2v) is 4.12. The number of hydrogen-bond acceptors (Lipinski definition) is 3. The van der Waals surface area contributed by atoms with E-state index in [1.54, 1.807) is 0 Å². The normalized spacial score (nSPS) is 42.5. The van der Waals surface area contributed by atoms with E-state index in [2.05, 4.69) is 5.32 Å². The van der Waals surface area contributed by atoms with Gasteiger partial charge in [0.25, 0.3) is 0 Å². The van der Waals surface area contributed by atoms with Crippen molar-refractivity contribution in [1.29, 1.82) is 0 Å². The van der Waals surface area contributed by atoms with Crippen molar-refractivity contribution in [2.75, 3.05) is 13.1 Å². The van der Waals surface area contributed by atoms with Crippen LogP contribution in [0.5, 0.6) is 0 Å². The topological polar surface area (TPSA) is 69.6 Å². The van der Waals surface area contributed by atoms with Gasteiger partial charge in [-0.15, -0.1) is 12.4 Å². The zero-order valence-corrected chi connectivity index (χ0v) is 8.06. The summed E-state index contributed by atoms with van der Waals surface area (Å²) in [7, 11) is 0. The summed E-state index contributed by atoms with van der Waals surface area (Å²) in [4.78, 5) is 10.6. The molecule has 1 aliphatic carbocycles. The second kappa shape index (κ2) is 3.12. The number of hydrogen-bond donors (Lipinski definition) is 3. The maximum absolute atomic E-state index is 10.6. The second-order valence-electron chi connectivity index (χ2n) is 4.12. The van der Waals surface area contributed by atoms with Gasteiger partial charge in [-0.2, -0.15) is 0 Å². The van der Waals surface area contributed by atoms with Crippen LogP contribution in [0, 0.1) is 5.41 Å². The van der Waals surface area contributed by atoms with Gasteiger partial charge in [-0.25, -0.2) is 4.79 Å². The van der Waals surface area contributed by atoms with Crippen LogP contribution in [-0.2, 0) is 4.79 Å². The summed E-state index contributed by atoms with van der Waals surface area (Å²) in [6.07, 6.45) is 1.84. The van der Waals surface area contributed by atoms with Crippen LogP contribution in [0.3, 0.4) is 0 Å². The molecule has 3 N–H and O–H groups in total. The average molecular weight is 208 g/mol. The monoisotopic (exact) mass is 207 g/mol. The van der Waals surface area contributed by atoms with Gasteiger partial charge in [-0.3, -0.25) is 0 Å². The Morgan fingerprint density at radius 1 is 1.38 bits per heavy atom. The zero-order chi connectivity index (χ0) is 8.82. The van der Waals surface area contributed by atoms with Crippen LogP contribution in [0.2, 0.25) is 0 Å². The Morgan fingerprint density at radius 3 is 2.38 bits per heavy atom.